The predicted octanol–water partition coefficient (Wildman–Crippen LogP) is 5.55. The number of anilines is 1. The van der Waals surface area contributed by atoms with E-state index in [0.717, 1.165) is 33.4 Å². The van der Waals surface area contributed by atoms with E-state index in [9.17, 15) is 4.79 Å². The molecule has 148 valence electrons. The number of aryl methyl sites for hydroxylation is 3. The molecule has 0 fully saturated rings. The topological polar surface area (TPSA) is 59.8 Å². The molecule has 3 aromatic rings. The second kappa shape index (κ2) is 8.49. The predicted molar refractivity (Wildman–Crippen MR) is 118 cm³/mol. The molecule has 0 aliphatic rings. The second-order valence-corrected chi connectivity index (χ2v) is 9.34. The number of amides is 1. The Morgan fingerprint density at radius 3 is 2.39 bits per heavy atom. The van der Waals surface area contributed by atoms with E-state index in [1.807, 2.05) is 26.0 Å². The first kappa shape index (κ1) is 20.6. The van der Waals surface area contributed by atoms with Crippen molar-refractivity contribution in [1.29, 1.82) is 0 Å². The van der Waals surface area contributed by atoms with Crippen molar-refractivity contribution in [3.8, 4) is 11.4 Å². The van der Waals surface area contributed by atoms with Gasteiger partial charge in [0.1, 0.15) is 0 Å². The normalized spacial score (nSPS) is 11.2. The first-order chi connectivity index (χ1) is 13.3. The van der Waals surface area contributed by atoms with E-state index in [4.69, 9.17) is 0 Å². The Balaban J connectivity index is 1.75. The van der Waals surface area contributed by atoms with Gasteiger partial charge in [0, 0.05) is 27.5 Å². The molecule has 0 radical (unpaired) electrons. The third-order valence-electron chi connectivity index (χ3n) is 4.55. The summed E-state index contributed by atoms with van der Waals surface area (Å²) in [5.74, 6) is 1.12. The Labute approximate surface area is 174 Å². The molecule has 2 aromatic heterocycles. The Bertz CT molecular complexity index is 984. The first-order valence-electron chi connectivity index (χ1n) is 9.27. The van der Waals surface area contributed by atoms with Gasteiger partial charge in [-0.05, 0) is 70.4 Å². The zero-order valence-corrected chi connectivity index (χ0v) is 18.8. The van der Waals surface area contributed by atoms with Crippen LogP contribution < -0.4 is 5.32 Å². The quantitative estimate of drug-likeness (QED) is 0.537. The molecule has 1 amide bonds. The molecular formula is C21H26N4OS2. The fourth-order valence-electron chi connectivity index (χ4n) is 3.13. The van der Waals surface area contributed by atoms with Gasteiger partial charge in [-0.25, -0.2) is 0 Å². The van der Waals surface area contributed by atoms with Gasteiger partial charge in [0.05, 0.1) is 5.75 Å². The minimum atomic E-state index is -0.0441. The molecule has 0 unspecified atom stereocenters. The molecule has 0 bridgehead atoms. The number of thiophene rings is 1. The second-order valence-electron chi connectivity index (χ2n) is 7.31. The summed E-state index contributed by atoms with van der Waals surface area (Å²) in [6, 6.07) is 6.25. The summed E-state index contributed by atoms with van der Waals surface area (Å²) in [6.45, 7) is 12.5. The zero-order valence-electron chi connectivity index (χ0n) is 17.2. The molecule has 0 saturated carbocycles. The van der Waals surface area contributed by atoms with Crippen LogP contribution in [-0.4, -0.2) is 26.4 Å². The molecule has 7 heteroatoms. The molecule has 2 heterocycles. The lowest BCUT2D eigenvalue weighted by atomic mass is 10.1. The van der Waals surface area contributed by atoms with Crippen LogP contribution in [0, 0.1) is 27.7 Å². The number of nitrogens with one attached hydrogen (secondary N) is 1. The number of carbonyl (C=O) groups excluding carboxylic acids is 1. The van der Waals surface area contributed by atoms with Gasteiger partial charge in [-0.15, -0.1) is 21.5 Å². The average Bonchev–Trinajstić information content (AvgIpc) is 3.16. The number of benzene rings is 1. The van der Waals surface area contributed by atoms with Crippen LogP contribution >= 0.6 is 23.1 Å². The summed E-state index contributed by atoms with van der Waals surface area (Å²) in [4.78, 5) is 13.7. The molecular weight excluding hydrogens is 388 g/mol. The van der Waals surface area contributed by atoms with Crippen molar-refractivity contribution in [3.05, 3.63) is 45.1 Å². The Hall–Kier alpha value is -2.12. The smallest absolute Gasteiger partial charge is 0.234 e. The van der Waals surface area contributed by atoms with Crippen molar-refractivity contribution in [2.45, 2.75) is 52.7 Å². The van der Waals surface area contributed by atoms with E-state index in [2.05, 4.69) is 59.2 Å². The number of aromatic nitrogens is 3. The van der Waals surface area contributed by atoms with Crippen LogP contribution in [0.15, 0.2) is 28.7 Å². The monoisotopic (exact) mass is 414 g/mol. The molecule has 0 saturated heterocycles. The van der Waals surface area contributed by atoms with E-state index in [0.29, 0.717) is 5.75 Å². The lowest BCUT2D eigenvalue weighted by Gasteiger charge is -2.14. The van der Waals surface area contributed by atoms with E-state index < -0.39 is 0 Å². The number of carbonyl (C=O) groups is 1. The molecule has 0 aliphatic carbocycles. The van der Waals surface area contributed by atoms with Crippen molar-refractivity contribution in [3.63, 3.8) is 0 Å². The van der Waals surface area contributed by atoms with Gasteiger partial charge in [-0.3, -0.25) is 9.36 Å². The molecule has 1 aromatic carbocycles. The Morgan fingerprint density at radius 2 is 1.82 bits per heavy atom. The van der Waals surface area contributed by atoms with Crippen LogP contribution in [0.3, 0.4) is 0 Å². The van der Waals surface area contributed by atoms with Gasteiger partial charge in [0.15, 0.2) is 11.0 Å². The zero-order chi connectivity index (χ0) is 20.4. The van der Waals surface area contributed by atoms with Crippen molar-refractivity contribution in [2.75, 3.05) is 11.1 Å². The van der Waals surface area contributed by atoms with Crippen molar-refractivity contribution in [1.82, 2.24) is 14.8 Å². The third kappa shape index (κ3) is 4.47. The highest BCUT2D eigenvalue weighted by molar-refractivity contribution is 7.99. The highest BCUT2D eigenvalue weighted by Crippen LogP contribution is 2.33. The fraction of sp³-hybridized carbons (Fsp3) is 0.381. The minimum Gasteiger partial charge on any atom is -0.325 e. The summed E-state index contributed by atoms with van der Waals surface area (Å²) in [5, 5.41) is 14.7. The van der Waals surface area contributed by atoms with Gasteiger partial charge in [0.25, 0.3) is 0 Å². The average molecular weight is 415 g/mol. The number of hydrogen-bond acceptors (Lipinski definition) is 5. The highest BCUT2D eigenvalue weighted by atomic mass is 32.2. The summed E-state index contributed by atoms with van der Waals surface area (Å²) < 4.78 is 2.11. The maximum Gasteiger partial charge on any atom is 0.234 e. The summed E-state index contributed by atoms with van der Waals surface area (Å²) in [6.07, 6.45) is 0. The molecule has 28 heavy (non-hydrogen) atoms. The van der Waals surface area contributed by atoms with Crippen molar-refractivity contribution in [2.24, 2.45) is 0 Å². The number of rotatable bonds is 6. The molecule has 1 N–H and O–H groups in total. The van der Waals surface area contributed by atoms with E-state index >= 15 is 0 Å². The first-order valence-corrected chi connectivity index (χ1v) is 11.1. The highest BCUT2D eigenvalue weighted by Gasteiger charge is 2.20. The van der Waals surface area contributed by atoms with Crippen LogP contribution in [0.1, 0.15) is 41.5 Å². The van der Waals surface area contributed by atoms with Gasteiger partial charge in [-0.1, -0.05) is 17.8 Å². The van der Waals surface area contributed by atoms with E-state index in [1.165, 1.54) is 22.2 Å². The van der Waals surface area contributed by atoms with Crippen LogP contribution in [0.25, 0.3) is 11.4 Å². The van der Waals surface area contributed by atoms with Gasteiger partial charge in [0.2, 0.25) is 5.91 Å². The molecule has 0 spiro atoms. The third-order valence-corrected chi connectivity index (χ3v) is 6.50. The number of hydrogen-bond donors (Lipinski definition) is 1. The Kier molecular flexibility index (Phi) is 6.25. The van der Waals surface area contributed by atoms with Crippen LogP contribution in [-0.2, 0) is 4.79 Å². The largest absolute Gasteiger partial charge is 0.325 e. The standard InChI is InChI=1S/C21H26N4OS2/c1-12(2)25-20(18-10-27-16(6)15(18)5)23-24-21(25)28-11-19(26)22-17-8-13(3)7-14(4)9-17/h7-10,12H,11H2,1-6H3,(H,22,26). The minimum absolute atomic E-state index is 0.0441. The Morgan fingerprint density at radius 1 is 1.14 bits per heavy atom. The lowest BCUT2D eigenvalue weighted by molar-refractivity contribution is -0.113. The van der Waals surface area contributed by atoms with Gasteiger partial charge < -0.3 is 5.32 Å². The SMILES string of the molecule is Cc1cc(C)cc(NC(=O)CSc2nnc(-c3csc(C)c3C)n2C(C)C)c1. The summed E-state index contributed by atoms with van der Waals surface area (Å²) in [7, 11) is 0. The van der Waals surface area contributed by atoms with Crippen LogP contribution in [0.5, 0.6) is 0 Å². The van der Waals surface area contributed by atoms with Crippen LogP contribution in [0.4, 0.5) is 5.69 Å². The molecule has 3 rings (SSSR count). The van der Waals surface area contributed by atoms with Gasteiger partial charge >= 0.3 is 0 Å². The van der Waals surface area contributed by atoms with E-state index in [1.54, 1.807) is 11.3 Å². The van der Waals surface area contributed by atoms with E-state index in [-0.39, 0.29) is 11.9 Å². The maximum atomic E-state index is 12.4. The molecule has 0 aliphatic heterocycles. The molecule has 0 atom stereocenters. The number of thioether (sulfide) groups is 1. The lowest BCUT2D eigenvalue weighted by Crippen LogP contribution is -2.15. The summed E-state index contributed by atoms with van der Waals surface area (Å²) in [5.41, 5.74) is 5.46. The van der Waals surface area contributed by atoms with Crippen molar-refractivity contribution >= 4 is 34.7 Å². The van der Waals surface area contributed by atoms with Crippen molar-refractivity contribution < 1.29 is 4.79 Å². The fourth-order valence-corrected chi connectivity index (χ4v) is 4.86. The maximum absolute atomic E-state index is 12.4. The van der Waals surface area contributed by atoms with Gasteiger partial charge in [-0.2, -0.15) is 0 Å². The number of nitrogens with zero attached hydrogens (tertiary/aromatic N) is 3. The van der Waals surface area contributed by atoms with Crippen LogP contribution in [0.2, 0.25) is 0 Å². The molecule has 5 nitrogen and oxygen atoms in total. The summed E-state index contributed by atoms with van der Waals surface area (Å²) >= 11 is 3.15.